The predicted octanol–water partition coefficient (Wildman–Crippen LogP) is 5.80. The van der Waals surface area contributed by atoms with E-state index < -0.39 is 0 Å². The van der Waals surface area contributed by atoms with Crippen molar-refractivity contribution in [3.63, 3.8) is 0 Å². The summed E-state index contributed by atoms with van der Waals surface area (Å²) in [5.41, 5.74) is 1.78. The molecule has 0 unspecified atom stereocenters. The van der Waals surface area contributed by atoms with Crippen LogP contribution in [-0.2, 0) is 11.3 Å². The molecule has 0 spiro atoms. The number of nitrogens with zero attached hydrogens (tertiary/aromatic N) is 3. The average Bonchev–Trinajstić information content (AvgIpc) is 3.20. The van der Waals surface area contributed by atoms with Gasteiger partial charge < -0.3 is 0 Å². The summed E-state index contributed by atoms with van der Waals surface area (Å²) >= 11 is 3.33. The van der Waals surface area contributed by atoms with Gasteiger partial charge >= 0.3 is 0 Å². The van der Waals surface area contributed by atoms with E-state index in [9.17, 15) is 4.79 Å². The second-order valence-corrected chi connectivity index (χ2v) is 8.71. The van der Waals surface area contributed by atoms with Crippen molar-refractivity contribution in [2.45, 2.75) is 24.3 Å². The van der Waals surface area contributed by atoms with Crippen molar-refractivity contribution in [2.24, 2.45) is 0 Å². The Labute approximate surface area is 178 Å². The first-order valence-corrected chi connectivity index (χ1v) is 11.3. The van der Waals surface area contributed by atoms with Crippen molar-refractivity contribution < 1.29 is 4.79 Å². The molecule has 0 aliphatic rings. The van der Waals surface area contributed by atoms with Gasteiger partial charge in [0.25, 0.3) is 0 Å². The minimum absolute atomic E-state index is 0.0865. The number of pyridine rings is 1. The number of carbonyl (C=O) groups excluding carboxylic acids is 1. The predicted molar refractivity (Wildman–Crippen MR) is 121 cm³/mol. The van der Waals surface area contributed by atoms with Crippen LogP contribution >= 0.6 is 23.1 Å². The summed E-state index contributed by atoms with van der Waals surface area (Å²) in [5.74, 6) is 0.996. The fourth-order valence-electron chi connectivity index (χ4n) is 2.96. The number of benzene rings is 2. The Kier molecular flexibility index (Phi) is 6.54. The van der Waals surface area contributed by atoms with Gasteiger partial charge in [0, 0.05) is 17.5 Å². The molecule has 2 aromatic carbocycles. The summed E-state index contributed by atoms with van der Waals surface area (Å²) in [6.45, 7) is 0.436. The highest BCUT2D eigenvalue weighted by Crippen LogP contribution is 2.30. The van der Waals surface area contributed by atoms with E-state index in [-0.39, 0.29) is 5.91 Å². The Hall–Kier alpha value is -2.70. The molecular weight excluding hydrogens is 398 g/mol. The Morgan fingerprint density at radius 1 is 0.966 bits per heavy atom. The van der Waals surface area contributed by atoms with E-state index in [1.54, 1.807) is 34.2 Å². The number of para-hydroxylation sites is 1. The lowest BCUT2D eigenvalue weighted by atomic mass is 10.2. The van der Waals surface area contributed by atoms with Crippen molar-refractivity contribution in [3.05, 3.63) is 84.7 Å². The normalized spacial score (nSPS) is 10.9. The highest BCUT2D eigenvalue weighted by molar-refractivity contribution is 7.99. The van der Waals surface area contributed by atoms with Gasteiger partial charge in [0.15, 0.2) is 5.13 Å². The fraction of sp³-hybridized carbons (Fsp3) is 0.174. The number of anilines is 1. The molecule has 2 heterocycles. The minimum Gasteiger partial charge on any atom is -0.282 e. The van der Waals surface area contributed by atoms with Crippen molar-refractivity contribution in [3.8, 4) is 0 Å². The van der Waals surface area contributed by atoms with Crippen molar-refractivity contribution in [2.75, 3.05) is 10.7 Å². The Balaban J connectivity index is 1.46. The monoisotopic (exact) mass is 419 g/mol. The minimum atomic E-state index is 0.0865. The summed E-state index contributed by atoms with van der Waals surface area (Å²) in [7, 11) is 0. The highest BCUT2D eigenvalue weighted by atomic mass is 32.2. The number of thioether (sulfide) groups is 1. The fourth-order valence-corrected chi connectivity index (χ4v) is 4.81. The lowest BCUT2D eigenvalue weighted by Crippen LogP contribution is -2.30. The molecule has 4 aromatic rings. The summed E-state index contributed by atoms with van der Waals surface area (Å²) in [6.07, 6.45) is 3.07. The topological polar surface area (TPSA) is 46.1 Å². The van der Waals surface area contributed by atoms with Gasteiger partial charge in [0.2, 0.25) is 5.91 Å². The molecule has 2 aromatic heterocycles. The standard InChI is InChI=1S/C23H21N3OS2/c27-22(14-8-16-28-19-10-2-1-3-11-19)26(17-18-9-6-7-15-24-18)23-25-20-12-4-5-13-21(20)29-23/h1-7,9-13,15H,8,14,16-17H2. The third-order valence-electron chi connectivity index (χ3n) is 4.41. The molecule has 146 valence electrons. The lowest BCUT2D eigenvalue weighted by molar-refractivity contribution is -0.118. The van der Waals surface area contributed by atoms with Crippen molar-refractivity contribution >= 4 is 44.4 Å². The second kappa shape index (κ2) is 9.67. The van der Waals surface area contributed by atoms with Crippen LogP contribution in [0.4, 0.5) is 5.13 Å². The third-order valence-corrected chi connectivity index (χ3v) is 6.57. The molecule has 1 amide bonds. The molecule has 29 heavy (non-hydrogen) atoms. The Bertz CT molecular complexity index is 1030. The number of rotatable bonds is 8. The van der Waals surface area contributed by atoms with Crippen LogP contribution in [0.3, 0.4) is 0 Å². The maximum absolute atomic E-state index is 13.1. The first-order valence-electron chi connectivity index (χ1n) is 9.53. The summed E-state index contributed by atoms with van der Waals surface area (Å²) in [5, 5.41) is 0.734. The van der Waals surface area contributed by atoms with Crippen LogP contribution in [0.1, 0.15) is 18.5 Å². The van der Waals surface area contributed by atoms with Gasteiger partial charge in [-0.2, -0.15) is 0 Å². The van der Waals surface area contributed by atoms with Gasteiger partial charge in [-0.05, 0) is 48.6 Å². The molecule has 4 rings (SSSR count). The maximum atomic E-state index is 13.1. The van der Waals surface area contributed by atoms with E-state index in [0.717, 1.165) is 33.2 Å². The van der Waals surface area contributed by atoms with E-state index in [1.807, 2.05) is 60.7 Å². The molecule has 0 radical (unpaired) electrons. The zero-order valence-corrected chi connectivity index (χ0v) is 17.5. The van der Waals surface area contributed by atoms with Crippen LogP contribution in [0.5, 0.6) is 0 Å². The maximum Gasteiger partial charge on any atom is 0.229 e. The second-order valence-electron chi connectivity index (χ2n) is 6.53. The van der Waals surface area contributed by atoms with E-state index in [4.69, 9.17) is 4.98 Å². The molecule has 0 fully saturated rings. The average molecular weight is 420 g/mol. The van der Waals surface area contributed by atoms with E-state index in [0.29, 0.717) is 13.0 Å². The third kappa shape index (κ3) is 5.22. The van der Waals surface area contributed by atoms with E-state index in [2.05, 4.69) is 17.1 Å². The van der Waals surface area contributed by atoms with Gasteiger partial charge in [-0.15, -0.1) is 11.8 Å². The van der Waals surface area contributed by atoms with Gasteiger partial charge in [-0.3, -0.25) is 14.7 Å². The van der Waals surface area contributed by atoms with Crippen LogP contribution in [-0.4, -0.2) is 21.6 Å². The van der Waals surface area contributed by atoms with Crippen molar-refractivity contribution in [1.82, 2.24) is 9.97 Å². The van der Waals surface area contributed by atoms with E-state index >= 15 is 0 Å². The first-order chi connectivity index (χ1) is 14.3. The summed E-state index contributed by atoms with van der Waals surface area (Å²) < 4.78 is 1.08. The Morgan fingerprint density at radius 3 is 2.55 bits per heavy atom. The molecular formula is C23H21N3OS2. The number of carbonyl (C=O) groups is 1. The van der Waals surface area contributed by atoms with Crippen LogP contribution < -0.4 is 4.90 Å². The highest BCUT2D eigenvalue weighted by Gasteiger charge is 2.20. The lowest BCUT2D eigenvalue weighted by Gasteiger charge is -2.19. The van der Waals surface area contributed by atoms with Gasteiger partial charge in [0.05, 0.1) is 22.5 Å². The van der Waals surface area contributed by atoms with Gasteiger partial charge in [-0.25, -0.2) is 4.98 Å². The first kappa shape index (κ1) is 19.6. The molecule has 0 aliphatic carbocycles. The molecule has 0 atom stereocenters. The SMILES string of the molecule is O=C(CCCSc1ccccc1)N(Cc1ccccn1)c1nc2ccccc2s1. The summed E-state index contributed by atoms with van der Waals surface area (Å²) in [6, 6.07) is 24.0. The van der Waals surface area contributed by atoms with Crippen LogP contribution in [0, 0.1) is 0 Å². The molecule has 0 saturated heterocycles. The molecule has 0 N–H and O–H groups in total. The number of hydrogen-bond acceptors (Lipinski definition) is 5. The summed E-state index contributed by atoms with van der Waals surface area (Å²) in [4.78, 5) is 25.2. The molecule has 0 saturated carbocycles. The quantitative estimate of drug-likeness (QED) is 0.268. The number of hydrogen-bond donors (Lipinski definition) is 0. The van der Waals surface area contributed by atoms with E-state index in [1.165, 1.54) is 4.90 Å². The Morgan fingerprint density at radius 2 is 1.76 bits per heavy atom. The number of amides is 1. The number of thiazole rings is 1. The molecule has 0 aliphatic heterocycles. The zero-order chi connectivity index (χ0) is 19.9. The number of aromatic nitrogens is 2. The van der Waals surface area contributed by atoms with Crippen LogP contribution in [0.25, 0.3) is 10.2 Å². The largest absolute Gasteiger partial charge is 0.282 e. The smallest absolute Gasteiger partial charge is 0.229 e. The molecule has 0 bridgehead atoms. The van der Waals surface area contributed by atoms with Gasteiger partial charge in [0.1, 0.15) is 0 Å². The van der Waals surface area contributed by atoms with Gasteiger partial charge in [-0.1, -0.05) is 47.7 Å². The molecule has 6 heteroatoms. The molecule has 4 nitrogen and oxygen atoms in total. The van der Waals surface area contributed by atoms with Crippen LogP contribution in [0.15, 0.2) is 83.9 Å². The number of fused-ring (bicyclic) bond motifs is 1. The van der Waals surface area contributed by atoms with Crippen molar-refractivity contribution in [1.29, 1.82) is 0 Å². The van der Waals surface area contributed by atoms with Crippen LogP contribution in [0.2, 0.25) is 0 Å². The zero-order valence-electron chi connectivity index (χ0n) is 15.9.